The largest absolute Gasteiger partial charge is 0.313 e. The monoisotopic (exact) mass is 269 g/mol. The fraction of sp³-hybridized carbons (Fsp3) is 0.615. The van der Waals surface area contributed by atoms with Crippen molar-refractivity contribution >= 4 is 17.1 Å². The summed E-state index contributed by atoms with van der Waals surface area (Å²) >= 11 is 1.71. The number of hydrogen-bond acceptors (Lipinski definition) is 5. The van der Waals surface area contributed by atoms with Crippen molar-refractivity contribution in [2.45, 2.75) is 39.1 Å². The van der Waals surface area contributed by atoms with Gasteiger partial charge in [0.2, 0.25) is 6.41 Å². The molecule has 1 aromatic rings. The van der Waals surface area contributed by atoms with Gasteiger partial charge < -0.3 is 9.47 Å². The number of nitrogens with one attached hydrogen (secondary N) is 1. The molecule has 0 unspecified atom stereocenters. The Kier molecular flexibility index (Phi) is 4.88. The van der Waals surface area contributed by atoms with Gasteiger partial charge in [-0.1, -0.05) is 19.9 Å². The Morgan fingerprint density at radius 3 is 2.83 bits per heavy atom. The Hall–Kier alpha value is -0.750. The molecule has 100 valence electrons. The molecule has 18 heavy (non-hydrogen) atoms. The van der Waals surface area contributed by atoms with Crippen LogP contribution in [-0.4, -0.2) is 25.0 Å². The van der Waals surface area contributed by atoms with Crippen molar-refractivity contribution in [1.29, 1.82) is 0 Å². The molecule has 0 amide bonds. The highest BCUT2D eigenvalue weighted by atomic mass is 32.1. The van der Waals surface area contributed by atoms with Crippen LogP contribution in [0.3, 0.4) is 0 Å². The van der Waals surface area contributed by atoms with Crippen LogP contribution in [0.4, 0.5) is 0 Å². The first-order valence-corrected chi connectivity index (χ1v) is 7.07. The molecule has 2 rings (SSSR count). The second-order valence-electron chi connectivity index (χ2n) is 4.76. The summed E-state index contributed by atoms with van der Waals surface area (Å²) in [4.78, 5) is 13.1. The average molecular weight is 269 g/mol. The summed E-state index contributed by atoms with van der Waals surface area (Å²) in [6.07, 6.45) is 0.993. The number of rotatable bonds is 7. The molecular weight excluding hydrogens is 250 g/mol. The Bertz CT molecular complexity index is 374. The summed E-state index contributed by atoms with van der Waals surface area (Å²) in [6, 6.07) is 4.18. The van der Waals surface area contributed by atoms with Crippen molar-refractivity contribution in [2.24, 2.45) is 5.92 Å². The first-order chi connectivity index (χ1) is 8.65. The molecule has 0 aliphatic carbocycles. The smallest absolute Gasteiger partial charge is 0.220 e. The van der Waals surface area contributed by atoms with E-state index in [-0.39, 0.29) is 24.2 Å². The van der Waals surface area contributed by atoms with Crippen LogP contribution in [0.1, 0.15) is 25.1 Å². The van der Waals surface area contributed by atoms with Crippen LogP contribution in [0.5, 0.6) is 0 Å². The minimum Gasteiger partial charge on any atom is -0.313 e. The zero-order valence-electron chi connectivity index (χ0n) is 10.7. The van der Waals surface area contributed by atoms with Crippen molar-refractivity contribution < 1.29 is 14.3 Å². The van der Waals surface area contributed by atoms with Gasteiger partial charge in [0.15, 0.2) is 6.79 Å². The van der Waals surface area contributed by atoms with Crippen LogP contribution in [0.25, 0.3) is 0 Å². The van der Waals surface area contributed by atoms with Gasteiger partial charge in [-0.15, -0.1) is 11.3 Å². The molecule has 4 nitrogen and oxygen atoms in total. The van der Waals surface area contributed by atoms with Crippen molar-refractivity contribution in [3.05, 3.63) is 22.4 Å². The van der Waals surface area contributed by atoms with Gasteiger partial charge in [0.05, 0.1) is 0 Å². The van der Waals surface area contributed by atoms with E-state index in [1.165, 1.54) is 4.88 Å². The van der Waals surface area contributed by atoms with E-state index in [1.54, 1.807) is 11.3 Å². The fourth-order valence-corrected chi connectivity index (χ4v) is 2.55. The number of thiophene rings is 1. The summed E-state index contributed by atoms with van der Waals surface area (Å²) in [7, 11) is 0. The van der Waals surface area contributed by atoms with Crippen molar-refractivity contribution in [3.8, 4) is 0 Å². The maximum Gasteiger partial charge on any atom is 0.220 e. The number of Topliss-reactive ketones (excluding diaryl/α,β-unsaturated/α-hetero) is 1. The van der Waals surface area contributed by atoms with Crippen LogP contribution < -0.4 is 5.32 Å². The quantitative estimate of drug-likeness (QED) is 0.824. The van der Waals surface area contributed by atoms with Gasteiger partial charge in [0.25, 0.3) is 0 Å². The van der Waals surface area contributed by atoms with Gasteiger partial charge in [0.1, 0.15) is 5.78 Å². The highest BCUT2D eigenvalue weighted by molar-refractivity contribution is 7.09. The molecule has 2 heterocycles. The molecule has 5 heteroatoms. The van der Waals surface area contributed by atoms with E-state index in [0.717, 1.165) is 6.42 Å². The second kappa shape index (κ2) is 6.43. The Balaban J connectivity index is 1.90. The number of ketones is 1. The lowest BCUT2D eigenvalue weighted by Gasteiger charge is -2.31. The van der Waals surface area contributed by atoms with Gasteiger partial charge in [-0.2, -0.15) is 0 Å². The van der Waals surface area contributed by atoms with Crippen LogP contribution in [-0.2, 0) is 20.7 Å². The van der Waals surface area contributed by atoms with Crippen molar-refractivity contribution in [1.82, 2.24) is 5.32 Å². The van der Waals surface area contributed by atoms with Crippen LogP contribution in [0, 0.1) is 5.92 Å². The zero-order valence-corrected chi connectivity index (χ0v) is 11.5. The lowest BCUT2D eigenvalue weighted by molar-refractivity contribution is -0.335. The molecule has 1 saturated heterocycles. The average Bonchev–Trinajstić information content (AvgIpc) is 2.75. The number of carbonyl (C=O) groups excluding carboxylic acids is 1. The Morgan fingerprint density at radius 1 is 1.56 bits per heavy atom. The first kappa shape index (κ1) is 13.7. The summed E-state index contributed by atoms with van der Waals surface area (Å²) in [5.41, 5.74) is 0. The molecular formula is C13H19NO3S. The molecule has 0 bridgehead atoms. The summed E-state index contributed by atoms with van der Waals surface area (Å²) < 4.78 is 10.4. The molecule has 1 atom stereocenters. The number of hydrogen-bond donors (Lipinski definition) is 1. The van der Waals surface area contributed by atoms with E-state index in [9.17, 15) is 4.79 Å². The third-order valence-corrected chi connectivity index (χ3v) is 3.83. The summed E-state index contributed by atoms with van der Waals surface area (Å²) in [5, 5.41) is 5.27. The lowest BCUT2D eigenvalue weighted by atomic mass is 9.99. The highest BCUT2D eigenvalue weighted by Crippen LogP contribution is 2.16. The van der Waals surface area contributed by atoms with E-state index in [0.29, 0.717) is 13.2 Å². The van der Waals surface area contributed by atoms with E-state index in [2.05, 4.69) is 11.4 Å². The van der Waals surface area contributed by atoms with E-state index in [1.807, 2.05) is 25.3 Å². The third-order valence-electron chi connectivity index (χ3n) is 2.93. The molecule has 0 aromatic carbocycles. The van der Waals surface area contributed by atoms with E-state index in [4.69, 9.17) is 9.47 Å². The van der Waals surface area contributed by atoms with Gasteiger partial charge in [-0.25, -0.2) is 0 Å². The molecule has 1 aliphatic rings. The molecule has 1 aliphatic heterocycles. The number of ether oxygens (including phenoxy) is 2. The third kappa shape index (κ3) is 3.88. The highest BCUT2D eigenvalue weighted by Gasteiger charge is 2.25. The molecule has 0 saturated carbocycles. The van der Waals surface area contributed by atoms with Crippen LogP contribution in [0.15, 0.2) is 17.5 Å². The zero-order chi connectivity index (χ0) is 13.0. The first-order valence-electron chi connectivity index (χ1n) is 6.19. The lowest BCUT2D eigenvalue weighted by Crippen LogP contribution is -2.49. The van der Waals surface area contributed by atoms with Gasteiger partial charge in [-0.3, -0.25) is 10.1 Å². The van der Waals surface area contributed by atoms with Gasteiger partial charge >= 0.3 is 0 Å². The predicted octanol–water partition coefficient (Wildman–Crippen LogP) is 2.15. The van der Waals surface area contributed by atoms with Gasteiger partial charge in [-0.05, 0) is 17.9 Å². The van der Waals surface area contributed by atoms with E-state index >= 15 is 0 Å². The fourth-order valence-electron chi connectivity index (χ4n) is 1.76. The Morgan fingerprint density at radius 2 is 2.33 bits per heavy atom. The molecule has 0 spiro atoms. The molecule has 1 fully saturated rings. The van der Waals surface area contributed by atoms with Gasteiger partial charge in [0, 0.05) is 23.3 Å². The van der Waals surface area contributed by atoms with Crippen LogP contribution in [0.2, 0.25) is 0 Å². The van der Waals surface area contributed by atoms with Crippen molar-refractivity contribution in [3.63, 3.8) is 0 Å². The van der Waals surface area contributed by atoms with E-state index < -0.39 is 0 Å². The van der Waals surface area contributed by atoms with Crippen LogP contribution >= 0.6 is 11.3 Å². The molecule has 1 N–H and O–H groups in total. The molecule has 0 radical (unpaired) electrons. The standard InChI is InChI=1S/C13H19NO3S/c1-9(2)12(15)7-10(14-13-16-8-17-13)6-11-4-3-5-18-11/h3-5,9-10,13-14H,6-8H2,1-2H3/t10-/m1/s1. The SMILES string of the molecule is CC(C)C(=O)C[C@@H](Cc1cccs1)NC1OCO1. The van der Waals surface area contributed by atoms with Crippen molar-refractivity contribution in [2.75, 3.05) is 6.79 Å². The topological polar surface area (TPSA) is 47.6 Å². The second-order valence-corrected chi connectivity index (χ2v) is 5.79. The maximum absolute atomic E-state index is 11.9. The maximum atomic E-state index is 11.9. The molecule has 1 aromatic heterocycles. The summed E-state index contributed by atoms with van der Waals surface area (Å²) in [5.74, 6) is 0.337. The predicted molar refractivity (Wildman–Crippen MR) is 70.2 cm³/mol. The summed E-state index contributed by atoms with van der Waals surface area (Å²) in [6.45, 7) is 4.20. The number of carbonyl (C=O) groups is 1. The minimum absolute atomic E-state index is 0.0702. The minimum atomic E-state index is -0.352. The Labute approximate surface area is 111 Å². The normalized spacial score (nSPS) is 17.7.